The third kappa shape index (κ3) is 2.55. The number of fused-ring (bicyclic) bond motifs is 1. The SMILES string of the molecule is Cn1c(-c2ccccc2)nc(O)c(-[n+]2ccc3ccccc3c2)c1=O. The molecule has 0 bridgehead atoms. The molecule has 0 saturated carbocycles. The van der Waals surface area contributed by atoms with Crippen molar-refractivity contribution in [3.05, 3.63) is 83.4 Å². The summed E-state index contributed by atoms with van der Waals surface area (Å²) in [6.45, 7) is 0. The molecule has 2 aromatic heterocycles. The molecule has 0 spiro atoms. The number of aromatic nitrogens is 3. The number of nitrogens with zero attached hydrogens (tertiary/aromatic N) is 3. The van der Waals surface area contributed by atoms with Gasteiger partial charge in [-0.25, -0.2) is 0 Å². The lowest BCUT2D eigenvalue weighted by Gasteiger charge is -2.08. The van der Waals surface area contributed by atoms with Gasteiger partial charge in [-0.2, -0.15) is 9.55 Å². The Kier molecular flexibility index (Phi) is 3.54. The van der Waals surface area contributed by atoms with Gasteiger partial charge in [0.05, 0.1) is 0 Å². The van der Waals surface area contributed by atoms with Crippen LogP contribution in [0.3, 0.4) is 0 Å². The summed E-state index contributed by atoms with van der Waals surface area (Å²) < 4.78 is 3.06. The van der Waals surface area contributed by atoms with Crippen molar-refractivity contribution in [3.63, 3.8) is 0 Å². The van der Waals surface area contributed by atoms with Crippen molar-refractivity contribution in [2.24, 2.45) is 7.05 Å². The first kappa shape index (κ1) is 15.1. The number of rotatable bonds is 2. The van der Waals surface area contributed by atoms with Gasteiger partial charge in [0.25, 0.3) is 5.88 Å². The molecule has 2 heterocycles. The van der Waals surface area contributed by atoms with E-state index in [4.69, 9.17) is 0 Å². The Hall–Kier alpha value is -3.47. The second-order valence-electron chi connectivity index (χ2n) is 5.82. The molecule has 122 valence electrons. The van der Waals surface area contributed by atoms with Crippen LogP contribution < -0.4 is 10.1 Å². The first-order chi connectivity index (χ1) is 12.1. The summed E-state index contributed by atoms with van der Waals surface area (Å²) in [7, 11) is 1.65. The van der Waals surface area contributed by atoms with Crippen molar-refractivity contribution < 1.29 is 9.67 Å². The molecule has 5 heteroatoms. The van der Waals surface area contributed by atoms with E-state index in [-0.39, 0.29) is 17.1 Å². The largest absolute Gasteiger partial charge is 0.488 e. The fraction of sp³-hybridized carbons (Fsp3) is 0.0500. The van der Waals surface area contributed by atoms with Crippen LogP contribution in [0.15, 0.2) is 77.9 Å². The lowest BCUT2D eigenvalue weighted by molar-refractivity contribution is -0.596. The van der Waals surface area contributed by atoms with Crippen LogP contribution >= 0.6 is 0 Å². The molecule has 0 aliphatic heterocycles. The Morgan fingerprint density at radius 1 is 0.960 bits per heavy atom. The summed E-state index contributed by atoms with van der Waals surface area (Å²) in [6, 6.07) is 19.1. The third-order valence-electron chi connectivity index (χ3n) is 4.23. The van der Waals surface area contributed by atoms with Gasteiger partial charge in [0, 0.05) is 24.1 Å². The summed E-state index contributed by atoms with van der Waals surface area (Å²) in [5.41, 5.74) is 0.590. The Morgan fingerprint density at radius 2 is 1.64 bits per heavy atom. The molecule has 4 rings (SSSR count). The smallest absolute Gasteiger partial charge is 0.339 e. The quantitative estimate of drug-likeness (QED) is 0.575. The molecule has 2 aromatic carbocycles. The molecule has 0 saturated heterocycles. The molecule has 1 N–H and O–H groups in total. The lowest BCUT2D eigenvalue weighted by Crippen LogP contribution is -2.39. The van der Waals surface area contributed by atoms with Crippen LogP contribution in [0.4, 0.5) is 0 Å². The number of benzene rings is 2. The van der Waals surface area contributed by atoms with E-state index >= 15 is 0 Å². The molecule has 0 amide bonds. The summed E-state index contributed by atoms with van der Waals surface area (Å²) >= 11 is 0. The van der Waals surface area contributed by atoms with E-state index in [9.17, 15) is 9.90 Å². The number of aromatic hydroxyl groups is 1. The first-order valence-corrected chi connectivity index (χ1v) is 7.91. The molecule has 5 nitrogen and oxygen atoms in total. The zero-order chi connectivity index (χ0) is 17.4. The van der Waals surface area contributed by atoms with E-state index in [1.807, 2.05) is 66.9 Å². The van der Waals surface area contributed by atoms with Crippen LogP contribution in [0, 0.1) is 0 Å². The Bertz CT molecular complexity index is 1130. The highest BCUT2D eigenvalue weighted by atomic mass is 16.3. The molecule has 0 unspecified atom stereocenters. The van der Waals surface area contributed by atoms with E-state index in [1.54, 1.807) is 17.8 Å². The van der Waals surface area contributed by atoms with Gasteiger partial charge in [-0.05, 0) is 11.5 Å². The molecular weight excluding hydrogens is 314 g/mol. The van der Waals surface area contributed by atoms with Gasteiger partial charge in [0.1, 0.15) is 5.82 Å². The third-order valence-corrected chi connectivity index (χ3v) is 4.23. The van der Waals surface area contributed by atoms with Crippen molar-refractivity contribution in [1.82, 2.24) is 9.55 Å². The average Bonchev–Trinajstić information content (AvgIpc) is 2.65. The monoisotopic (exact) mass is 330 g/mol. The fourth-order valence-electron chi connectivity index (χ4n) is 2.92. The number of hydrogen-bond acceptors (Lipinski definition) is 3. The molecule has 0 aliphatic rings. The van der Waals surface area contributed by atoms with Crippen LogP contribution in [0.1, 0.15) is 0 Å². The van der Waals surface area contributed by atoms with Gasteiger partial charge in [-0.3, -0.25) is 9.36 Å². The lowest BCUT2D eigenvalue weighted by atomic mass is 10.2. The summed E-state index contributed by atoms with van der Waals surface area (Å²) in [5, 5.41) is 12.5. The maximum atomic E-state index is 12.9. The minimum atomic E-state index is -0.313. The highest BCUT2D eigenvalue weighted by Gasteiger charge is 2.23. The highest BCUT2D eigenvalue weighted by Crippen LogP contribution is 2.19. The maximum Gasteiger partial charge on any atom is 0.339 e. The maximum absolute atomic E-state index is 12.9. The molecule has 0 aliphatic carbocycles. The average molecular weight is 330 g/mol. The van der Waals surface area contributed by atoms with Gasteiger partial charge in [0.15, 0.2) is 12.4 Å². The van der Waals surface area contributed by atoms with E-state index in [2.05, 4.69) is 4.98 Å². The van der Waals surface area contributed by atoms with Crippen LogP contribution in [-0.4, -0.2) is 14.7 Å². The predicted molar refractivity (Wildman–Crippen MR) is 95.6 cm³/mol. The first-order valence-electron chi connectivity index (χ1n) is 7.91. The summed E-state index contributed by atoms with van der Waals surface area (Å²) in [5.74, 6) is 0.135. The van der Waals surface area contributed by atoms with Crippen LogP contribution in [0.2, 0.25) is 0 Å². The molecular formula is C20H16N3O2+. The van der Waals surface area contributed by atoms with Crippen molar-refractivity contribution >= 4 is 10.8 Å². The van der Waals surface area contributed by atoms with Gasteiger partial charge < -0.3 is 5.11 Å². The standard InChI is InChI=1S/C20H15N3O2/c1-22-18(15-8-3-2-4-9-15)21-19(24)17(20(22)25)23-12-11-14-7-5-6-10-16(14)13-23/h2-13H,1H3/p+1. The molecule has 0 fully saturated rings. The van der Waals surface area contributed by atoms with E-state index in [1.165, 1.54) is 4.57 Å². The predicted octanol–water partition coefficient (Wildman–Crippen LogP) is 2.58. The summed E-state index contributed by atoms with van der Waals surface area (Å²) in [6.07, 6.45) is 3.57. The molecule has 0 radical (unpaired) electrons. The second-order valence-corrected chi connectivity index (χ2v) is 5.82. The zero-order valence-electron chi connectivity index (χ0n) is 13.6. The minimum absolute atomic E-state index is 0.132. The zero-order valence-corrected chi connectivity index (χ0v) is 13.6. The Balaban J connectivity index is 1.93. The normalized spacial score (nSPS) is 10.9. The number of pyridine rings is 1. The second kappa shape index (κ2) is 5.87. The Labute approximate surface area is 144 Å². The summed E-state index contributed by atoms with van der Waals surface area (Å²) in [4.78, 5) is 17.1. The fourth-order valence-corrected chi connectivity index (χ4v) is 2.92. The van der Waals surface area contributed by atoms with E-state index in [0.717, 1.165) is 16.3 Å². The van der Waals surface area contributed by atoms with Crippen molar-refractivity contribution in [2.75, 3.05) is 0 Å². The topological polar surface area (TPSA) is 59.0 Å². The van der Waals surface area contributed by atoms with E-state index < -0.39 is 0 Å². The van der Waals surface area contributed by atoms with Crippen molar-refractivity contribution in [3.8, 4) is 23.0 Å². The minimum Gasteiger partial charge on any atom is -0.488 e. The highest BCUT2D eigenvalue weighted by molar-refractivity contribution is 5.80. The van der Waals surface area contributed by atoms with Crippen LogP contribution in [0.25, 0.3) is 27.8 Å². The van der Waals surface area contributed by atoms with Crippen molar-refractivity contribution in [2.45, 2.75) is 0 Å². The number of hydrogen-bond donors (Lipinski definition) is 1. The molecule has 4 aromatic rings. The van der Waals surface area contributed by atoms with Gasteiger partial charge in [-0.15, -0.1) is 0 Å². The molecule has 25 heavy (non-hydrogen) atoms. The Morgan fingerprint density at radius 3 is 2.40 bits per heavy atom. The van der Waals surface area contributed by atoms with Crippen molar-refractivity contribution in [1.29, 1.82) is 0 Å². The van der Waals surface area contributed by atoms with E-state index in [0.29, 0.717) is 5.82 Å². The molecule has 0 atom stereocenters. The van der Waals surface area contributed by atoms with Gasteiger partial charge in [0.2, 0.25) is 0 Å². The van der Waals surface area contributed by atoms with Gasteiger partial charge >= 0.3 is 11.2 Å². The van der Waals surface area contributed by atoms with Gasteiger partial charge in [-0.1, -0.05) is 48.5 Å². The van der Waals surface area contributed by atoms with Crippen LogP contribution in [-0.2, 0) is 7.05 Å². The van der Waals surface area contributed by atoms with Crippen LogP contribution in [0.5, 0.6) is 5.88 Å².